The van der Waals surface area contributed by atoms with E-state index in [1.807, 2.05) is 34.5 Å². The van der Waals surface area contributed by atoms with Crippen LogP contribution in [0.4, 0.5) is 23.7 Å². The van der Waals surface area contributed by atoms with Crippen molar-refractivity contribution in [1.29, 1.82) is 0 Å². The van der Waals surface area contributed by atoms with Crippen LogP contribution in [0.25, 0.3) is 11.1 Å². The number of aromatic amines is 1. The first-order valence-corrected chi connectivity index (χ1v) is 11.9. The number of ether oxygens (including phenoxy) is 1. The molecule has 11 heteroatoms. The highest BCUT2D eigenvalue weighted by molar-refractivity contribution is 5.96. The van der Waals surface area contributed by atoms with Crippen molar-refractivity contribution in [2.75, 3.05) is 31.2 Å². The number of amides is 3. The van der Waals surface area contributed by atoms with Gasteiger partial charge in [-0.1, -0.05) is 24.3 Å². The fraction of sp³-hybridized carbons (Fsp3) is 0.346. The van der Waals surface area contributed by atoms with Gasteiger partial charge in [0.1, 0.15) is 6.54 Å². The van der Waals surface area contributed by atoms with Crippen LogP contribution in [0.1, 0.15) is 28.8 Å². The first kappa shape index (κ1) is 24.8. The summed E-state index contributed by atoms with van der Waals surface area (Å²) in [5, 5.41) is 8.65. The lowest BCUT2D eigenvalue weighted by Gasteiger charge is -2.40. The topological polar surface area (TPSA) is 90.6 Å². The van der Waals surface area contributed by atoms with Gasteiger partial charge in [-0.3, -0.25) is 14.8 Å². The highest BCUT2D eigenvalue weighted by atomic mass is 19.4. The molecule has 3 aromatic rings. The number of nitrogens with one attached hydrogen (secondary N) is 2. The standard InChI is InChI=1S/C26H26F3N5O3/c27-26(28,29)16-30-23(35)20-3-1-2-18(12-20)15-34-24(36)33(17-25(34)8-10-37-11-9-25)22-6-4-19(5-7-22)21-13-31-32-14-21/h1-7,12-14H,8-11,15-17H2,(H,30,35)(H,31,32). The summed E-state index contributed by atoms with van der Waals surface area (Å²) in [6.07, 6.45) is 0.353. The lowest BCUT2D eigenvalue weighted by molar-refractivity contribution is -0.123. The van der Waals surface area contributed by atoms with Gasteiger partial charge in [-0.25, -0.2) is 4.79 Å². The summed E-state index contributed by atoms with van der Waals surface area (Å²) in [5.74, 6) is -0.813. The van der Waals surface area contributed by atoms with E-state index in [0.29, 0.717) is 38.2 Å². The lowest BCUT2D eigenvalue weighted by Crippen LogP contribution is -2.50. The number of nitrogens with zero attached hydrogens (tertiary/aromatic N) is 3. The molecule has 194 valence electrons. The first-order valence-electron chi connectivity index (χ1n) is 11.9. The number of hydrogen-bond donors (Lipinski definition) is 2. The molecule has 0 saturated carbocycles. The molecule has 0 atom stereocenters. The molecule has 0 unspecified atom stereocenters. The van der Waals surface area contributed by atoms with E-state index in [2.05, 4.69) is 10.2 Å². The van der Waals surface area contributed by atoms with Crippen LogP contribution < -0.4 is 10.2 Å². The monoisotopic (exact) mass is 513 g/mol. The van der Waals surface area contributed by atoms with Crippen molar-refractivity contribution in [3.05, 3.63) is 72.1 Å². The summed E-state index contributed by atoms with van der Waals surface area (Å²) in [6.45, 7) is 0.362. The Morgan fingerprint density at radius 3 is 2.54 bits per heavy atom. The molecule has 0 bridgehead atoms. The third-order valence-electron chi connectivity index (χ3n) is 6.90. The summed E-state index contributed by atoms with van der Waals surface area (Å²) in [5.41, 5.74) is 3.01. The van der Waals surface area contributed by atoms with Crippen LogP contribution in [0.2, 0.25) is 0 Å². The molecule has 1 aromatic heterocycles. The second kappa shape index (κ2) is 9.89. The van der Waals surface area contributed by atoms with Crippen LogP contribution >= 0.6 is 0 Å². The average Bonchev–Trinajstić information content (AvgIpc) is 3.52. The van der Waals surface area contributed by atoms with Crippen LogP contribution in [-0.4, -0.2) is 65.1 Å². The number of aromatic nitrogens is 2. The summed E-state index contributed by atoms with van der Waals surface area (Å²) in [4.78, 5) is 29.6. The average molecular weight is 514 g/mol. The van der Waals surface area contributed by atoms with Crippen LogP contribution in [0.15, 0.2) is 60.9 Å². The Hall–Kier alpha value is -3.86. The third kappa shape index (κ3) is 5.31. The molecule has 37 heavy (non-hydrogen) atoms. The third-order valence-corrected chi connectivity index (χ3v) is 6.90. The van der Waals surface area contributed by atoms with Crippen molar-refractivity contribution in [2.24, 2.45) is 0 Å². The summed E-state index contributed by atoms with van der Waals surface area (Å²) in [7, 11) is 0. The maximum atomic E-state index is 13.7. The quantitative estimate of drug-likeness (QED) is 0.513. The predicted molar refractivity (Wildman–Crippen MR) is 130 cm³/mol. The van der Waals surface area contributed by atoms with Crippen LogP contribution in [-0.2, 0) is 11.3 Å². The van der Waals surface area contributed by atoms with E-state index in [-0.39, 0.29) is 18.1 Å². The summed E-state index contributed by atoms with van der Waals surface area (Å²) >= 11 is 0. The molecular formula is C26H26F3N5O3. The molecule has 1 spiro atoms. The number of alkyl halides is 3. The van der Waals surface area contributed by atoms with Gasteiger partial charge in [-0.05, 0) is 48.2 Å². The molecular weight excluding hydrogens is 487 g/mol. The van der Waals surface area contributed by atoms with E-state index in [4.69, 9.17) is 4.74 Å². The molecule has 2 fully saturated rings. The maximum absolute atomic E-state index is 13.7. The van der Waals surface area contributed by atoms with E-state index in [0.717, 1.165) is 16.8 Å². The number of rotatable bonds is 6. The molecule has 5 rings (SSSR count). The van der Waals surface area contributed by atoms with Crippen LogP contribution in [0.5, 0.6) is 0 Å². The summed E-state index contributed by atoms with van der Waals surface area (Å²) < 4.78 is 43.1. The zero-order valence-electron chi connectivity index (χ0n) is 19.9. The predicted octanol–water partition coefficient (Wildman–Crippen LogP) is 4.36. The number of carbonyl (C=O) groups is 2. The van der Waals surface area contributed by atoms with Gasteiger partial charge in [-0.2, -0.15) is 18.3 Å². The number of anilines is 1. The molecule has 2 aliphatic rings. The van der Waals surface area contributed by atoms with Crippen molar-refractivity contribution < 1.29 is 27.5 Å². The molecule has 2 saturated heterocycles. The minimum Gasteiger partial charge on any atom is -0.381 e. The molecule has 8 nitrogen and oxygen atoms in total. The van der Waals surface area contributed by atoms with Gasteiger partial charge in [0.15, 0.2) is 0 Å². The molecule has 3 heterocycles. The van der Waals surface area contributed by atoms with Crippen molar-refractivity contribution >= 4 is 17.6 Å². The number of hydrogen-bond acceptors (Lipinski definition) is 4. The lowest BCUT2D eigenvalue weighted by atomic mass is 9.88. The Kier molecular flexibility index (Phi) is 6.63. The second-order valence-electron chi connectivity index (χ2n) is 9.32. The second-order valence-corrected chi connectivity index (χ2v) is 9.32. The fourth-order valence-electron chi connectivity index (χ4n) is 4.93. The molecule has 0 aliphatic carbocycles. The summed E-state index contributed by atoms with van der Waals surface area (Å²) in [6, 6.07) is 13.9. The maximum Gasteiger partial charge on any atom is 0.405 e. The Bertz CT molecular complexity index is 1260. The van der Waals surface area contributed by atoms with Gasteiger partial charge in [-0.15, -0.1) is 0 Å². The zero-order valence-corrected chi connectivity index (χ0v) is 19.9. The van der Waals surface area contributed by atoms with Crippen LogP contribution in [0.3, 0.4) is 0 Å². The smallest absolute Gasteiger partial charge is 0.381 e. The number of halogens is 3. The Balaban J connectivity index is 1.37. The molecule has 0 radical (unpaired) electrons. The van der Waals surface area contributed by atoms with Crippen molar-refractivity contribution in [3.63, 3.8) is 0 Å². The van der Waals surface area contributed by atoms with Gasteiger partial charge >= 0.3 is 12.2 Å². The van der Waals surface area contributed by atoms with E-state index in [9.17, 15) is 22.8 Å². The van der Waals surface area contributed by atoms with Gasteiger partial charge in [0.05, 0.1) is 18.3 Å². The molecule has 2 N–H and O–H groups in total. The van der Waals surface area contributed by atoms with Gasteiger partial charge in [0.25, 0.3) is 5.91 Å². The SMILES string of the molecule is O=C(NCC(F)(F)F)c1cccc(CN2C(=O)N(c3ccc(-c4cn[nH]c4)cc3)CC23CCOCC3)c1. The van der Waals surface area contributed by atoms with Gasteiger partial charge < -0.3 is 15.0 Å². The molecule has 2 aliphatic heterocycles. The normalized spacial score (nSPS) is 17.4. The minimum atomic E-state index is -4.50. The Morgan fingerprint density at radius 2 is 1.86 bits per heavy atom. The fourth-order valence-corrected chi connectivity index (χ4v) is 4.93. The highest BCUT2D eigenvalue weighted by Crippen LogP contribution is 2.39. The molecule has 3 amide bonds. The van der Waals surface area contributed by atoms with Crippen molar-refractivity contribution in [3.8, 4) is 11.1 Å². The van der Waals surface area contributed by atoms with E-state index >= 15 is 0 Å². The van der Waals surface area contributed by atoms with Crippen molar-refractivity contribution in [1.82, 2.24) is 20.4 Å². The number of H-pyrrole nitrogens is 1. The van der Waals surface area contributed by atoms with E-state index < -0.39 is 24.2 Å². The number of carbonyl (C=O) groups excluding carboxylic acids is 2. The Labute approximate surface area is 211 Å². The van der Waals surface area contributed by atoms with E-state index in [1.165, 1.54) is 12.1 Å². The highest BCUT2D eigenvalue weighted by Gasteiger charge is 2.50. The Morgan fingerprint density at radius 1 is 1.11 bits per heavy atom. The van der Waals surface area contributed by atoms with Crippen molar-refractivity contribution in [2.45, 2.75) is 31.1 Å². The molecule has 2 aromatic carbocycles. The minimum absolute atomic E-state index is 0.112. The van der Waals surface area contributed by atoms with E-state index in [1.54, 1.807) is 29.4 Å². The largest absolute Gasteiger partial charge is 0.405 e. The first-order chi connectivity index (χ1) is 17.7. The number of benzene rings is 2. The van der Waals surface area contributed by atoms with Crippen LogP contribution in [0, 0.1) is 0 Å². The van der Waals surface area contributed by atoms with Gasteiger partial charge in [0, 0.05) is 42.8 Å². The number of urea groups is 1. The van der Waals surface area contributed by atoms with Gasteiger partial charge in [0.2, 0.25) is 0 Å². The zero-order chi connectivity index (χ0) is 26.0.